The number of hydrogen-bond acceptors (Lipinski definition) is 4. The molecule has 118 valence electrons. The van der Waals surface area contributed by atoms with E-state index in [2.05, 4.69) is 18.3 Å². The summed E-state index contributed by atoms with van der Waals surface area (Å²) in [6.07, 6.45) is -0.579. The van der Waals surface area contributed by atoms with Gasteiger partial charge in [-0.3, -0.25) is 4.79 Å². The van der Waals surface area contributed by atoms with Gasteiger partial charge in [0, 0.05) is 17.3 Å². The molecule has 0 radical (unpaired) electrons. The van der Waals surface area contributed by atoms with Crippen LogP contribution in [0.25, 0.3) is 0 Å². The molecule has 5 heteroatoms. The molecule has 0 saturated heterocycles. The summed E-state index contributed by atoms with van der Waals surface area (Å²) in [6, 6.07) is 11.2. The molecular weight excluding hydrogens is 298 g/mol. The van der Waals surface area contributed by atoms with E-state index >= 15 is 0 Å². The van der Waals surface area contributed by atoms with Gasteiger partial charge in [-0.05, 0) is 36.1 Å². The summed E-state index contributed by atoms with van der Waals surface area (Å²) >= 11 is 1.69. The van der Waals surface area contributed by atoms with E-state index in [0.29, 0.717) is 12.3 Å². The van der Waals surface area contributed by atoms with Gasteiger partial charge in [0.1, 0.15) is 5.75 Å². The third kappa shape index (κ3) is 4.58. The smallest absolute Gasteiger partial charge is 0.260 e. The summed E-state index contributed by atoms with van der Waals surface area (Å²) < 4.78 is 5.62. The van der Waals surface area contributed by atoms with E-state index in [1.54, 1.807) is 42.5 Å². The topological polar surface area (TPSA) is 58.6 Å². The quantitative estimate of drug-likeness (QED) is 0.825. The van der Waals surface area contributed by atoms with Gasteiger partial charge in [0.15, 0.2) is 6.10 Å². The number of thiophene rings is 1. The molecule has 2 atom stereocenters. The Labute approximate surface area is 134 Å². The average molecular weight is 319 g/mol. The van der Waals surface area contributed by atoms with Crippen molar-refractivity contribution in [1.29, 1.82) is 0 Å². The normalized spacial score (nSPS) is 13.4. The molecule has 2 rings (SSSR count). The number of ether oxygens (including phenoxy) is 1. The number of hydrogen-bond donors (Lipinski definition) is 2. The molecule has 22 heavy (non-hydrogen) atoms. The molecule has 0 aliphatic rings. The predicted molar refractivity (Wildman–Crippen MR) is 88.2 cm³/mol. The van der Waals surface area contributed by atoms with Crippen molar-refractivity contribution in [2.24, 2.45) is 0 Å². The fourth-order valence-electron chi connectivity index (χ4n) is 2.04. The summed E-state index contributed by atoms with van der Waals surface area (Å²) in [4.78, 5) is 13.3. The third-order valence-corrected chi connectivity index (χ3v) is 4.48. The Bertz CT molecular complexity index is 598. The minimum Gasteiger partial charge on any atom is -0.481 e. The predicted octanol–water partition coefficient (Wildman–Crippen LogP) is 2.93. The molecule has 2 aromatic rings. The summed E-state index contributed by atoms with van der Waals surface area (Å²) in [6.45, 7) is 4.35. The molecule has 0 saturated carbocycles. The van der Waals surface area contributed by atoms with Crippen LogP contribution in [-0.4, -0.2) is 23.7 Å². The Balaban J connectivity index is 1.84. The number of aliphatic hydroxyl groups is 1. The lowest BCUT2D eigenvalue weighted by atomic mass is 10.1. The van der Waals surface area contributed by atoms with Gasteiger partial charge < -0.3 is 15.2 Å². The molecule has 1 amide bonds. The first-order valence-corrected chi connectivity index (χ1v) is 8.15. The van der Waals surface area contributed by atoms with Crippen LogP contribution in [0.15, 0.2) is 41.8 Å². The van der Waals surface area contributed by atoms with Crippen LogP contribution in [0.2, 0.25) is 0 Å². The summed E-state index contributed by atoms with van der Waals surface area (Å²) in [5, 5.41) is 14.1. The Hall–Kier alpha value is -1.85. The van der Waals surface area contributed by atoms with Gasteiger partial charge in [0.05, 0.1) is 6.61 Å². The average Bonchev–Trinajstić information content (AvgIpc) is 3.06. The van der Waals surface area contributed by atoms with Gasteiger partial charge in [-0.15, -0.1) is 11.3 Å². The maximum Gasteiger partial charge on any atom is 0.260 e. The van der Waals surface area contributed by atoms with E-state index in [1.165, 1.54) is 4.88 Å². The van der Waals surface area contributed by atoms with Crippen molar-refractivity contribution in [1.82, 2.24) is 5.32 Å². The molecule has 4 nitrogen and oxygen atoms in total. The van der Waals surface area contributed by atoms with Gasteiger partial charge in [-0.1, -0.05) is 25.1 Å². The monoisotopic (exact) mass is 319 g/mol. The van der Waals surface area contributed by atoms with Crippen LogP contribution >= 0.6 is 11.3 Å². The molecule has 0 aliphatic heterocycles. The number of amides is 1. The number of nitrogens with one attached hydrogen (secondary N) is 1. The Morgan fingerprint density at radius 2 is 2.14 bits per heavy atom. The zero-order valence-corrected chi connectivity index (χ0v) is 13.6. The maximum absolute atomic E-state index is 12.1. The van der Waals surface area contributed by atoms with Crippen LogP contribution in [-0.2, 0) is 11.4 Å². The molecule has 0 aliphatic carbocycles. The second-order valence-electron chi connectivity index (χ2n) is 5.23. The first-order valence-electron chi connectivity index (χ1n) is 7.27. The third-order valence-electron chi connectivity index (χ3n) is 3.37. The van der Waals surface area contributed by atoms with E-state index in [4.69, 9.17) is 9.84 Å². The lowest BCUT2D eigenvalue weighted by Crippen LogP contribution is -2.38. The SMILES string of the molecule is CC(Oc1cccc(CO)c1)C(=O)NCC(C)c1cccs1. The molecular formula is C17H21NO3S. The van der Waals surface area contributed by atoms with Crippen LogP contribution in [0.4, 0.5) is 0 Å². The number of benzene rings is 1. The van der Waals surface area contributed by atoms with Crippen LogP contribution in [0, 0.1) is 0 Å². The molecule has 0 fully saturated rings. The minimum absolute atomic E-state index is 0.0455. The number of carbonyl (C=O) groups excluding carboxylic acids is 1. The van der Waals surface area contributed by atoms with Gasteiger partial charge in [0.2, 0.25) is 0 Å². The first kappa shape index (κ1) is 16.5. The fraction of sp³-hybridized carbons (Fsp3) is 0.353. The van der Waals surface area contributed by atoms with E-state index in [1.807, 2.05) is 11.4 Å². The van der Waals surface area contributed by atoms with Gasteiger partial charge >= 0.3 is 0 Å². The van der Waals surface area contributed by atoms with Crippen molar-refractivity contribution in [2.75, 3.05) is 6.54 Å². The molecule has 2 N–H and O–H groups in total. The molecule has 1 aromatic heterocycles. The van der Waals surface area contributed by atoms with Crippen LogP contribution in [0.1, 0.15) is 30.2 Å². The summed E-state index contributed by atoms with van der Waals surface area (Å²) in [5.74, 6) is 0.729. The molecule has 1 heterocycles. The Morgan fingerprint density at radius 3 is 2.82 bits per heavy atom. The fourth-order valence-corrected chi connectivity index (χ4v) is 2.83. The summed E-state index contributed by atoms with van der Waals surface area (Å²) in [5.41, 5.74) is 0.761. The number of aliphatic hydroxyl groups excluding tert-OH is 1. The van der Waals surface area contributed by atoms with Crippen molar-refractivity contribution in [3.05, 3.63) is 52.2 Å². The van der Waals surface area contributed by atoms with Gasteiger partial charge in [-0.2, -0.15) is 0 Å². The standard InChI is InChI=1S/C17H21NO3S/c1-12(16-7-4-8-22-16)10-18-17(20)13(2)21-15-6-3-5-14(9-15)11-19/h3-9,12-13,19H,10-11H2,1-2H3,(H,18,20). The maximum atomic E-state index is 12.1. The number of carbonyl (C=O) groups is 1. The zero-order valence-electron chi connectivity index (χ0n) is 12.8. The van der Waals surface area contributed by atoms with Crippen molar-refractivity contribution in [3.63, 3.8) is 0 Å². The van der Waals surface area contributed by atoms with Gasteiger partial charge in [-0.25, -0.2) is 0 Å². The second-order valence-corrected chi connectivity index (χ2v) is 6.21. The highest BCUT2D eigenvalue weighted by molar-refractivity contribution is 7.10. The molecule has 0 bridgehead atoms. The van der Waals surface area contributed by atoms with Crippen LogP contribution in [0.5, 0.6) is 5.75 Å². The lowest BCUT2D eigenvalue weighted by Gasteiger charge is -2.17. The van der Waals surface area contributed by atoms with Crippen molar-refractivity contribution < 1.29 is 14.6 Å². The number of rotatable bonds is 7. The zero-order chi connectivity index (χ0) is 15.9. The second kappa shape index (κ2) is 7.96. The highest BCUT2D eigenvalue weighted by Crippen LogP contribution is 2.20. The molecule has 1 aromatic carbocycles. The van der Waals surface area contributed by atoms with Crippen LogP contribution < -0.4 is 10.1 Å². The van der Waals surface area contributed by atoms with Gasteiger partial charge in [0.25, 0.3) is 5.91 Å². The minimum atomic E-state index is -0.579. The van der Waals surface area contributed by atoms with Crippen molar-refractivity contribution in [3.8, 4) is 5.75 Å². The summed E-state index contributed by atoms with van der Waals surface area (Å²) in [7, 11) is 0. The largest absolute Gasteiger partial charge is 0.481 e. The van der Waals surface area contributed by atoms with E-state index in [-0.39, 0.29) is 18.4 Å². The lowest BCUT2D eigenvalue weighted by molar-refractivity contribution is -0.127. The Morgan fingerprint density at radius 1 is 1.32 bits per heavy atom. The highest BCUT2D eigenvalue weighted by Gasteiger charge is 2.16. The van der Waals surface area contributed by atoms with E-state index in [0.717, 1.165) is 5.56 Å². The van der Waals surface area contributed by atoms with E-state index in [9.17, 15) is 4.79 Å². The van der Waals surface area contributed by atoms with Crippen molar-refractivity contribution in [2.45, 2.75) is 32.5 Å². The Kier molecular flexibility index (Phi) is 5.98. The van der Waals surface area contributed by atoms with Crippen molar-refractivity contribution >= 4 is 17.2 Å². The highest BCUT2D eigenvalue weighted by atomic mass is 32.1. The van der Waals surface area contributed by atoms with E-state index < -0.39 is 6.10 Å². The molecule has 0 spiro atoms. The molecule has 2 unspecified atom stereocenters. The first-order chi connectivity index (χ1) is 10.6. The van der Waals surface area contributed by atoms with Crippen LogP contribution in [0.3, 0.4) is 0 Å².